The molecule has 1 heterocycles. The average Bonchev–Trinajstić information content (AvgIpc) is 2.99. The van der Waals surface area contributed by atoms with E-state index >= 15 is 0 Å². The molecule has 1 fully saturated rings. The van der Waals surface area contributed by atoms with Crippen LogP contribution in [0.15, 0.2) is 42.5 Å². The number of hydrogen-bond acceptors (Lipinski definition) is 2. The number of alkyl halides is 3. The second-order valence-electron chi connectivity index (χ2n) is 6.07. The minimum absolute atomic E-state index is 0.0476. The van der Waals surface area contributed by atoms with E-state index in [0.717, 1.165) is 35.2 Å². The molecule has 2 aromatic rings. The van der Waals surface area contributed by atoms with Gasteiger partial charge in [-0.15, -0.1) is 0 Å². The predicted octanol–water partition coefficient (Wildman–Crippen LogP) is 3.98. The molecule has 0 spiro atoms. The molecule has 1 aliphatic rings. The van der Waals surface area contributed by atoms with Crippen LogP contribution in [0.1, 0.15) is 12.0 Å². The van der Waals surface area contributed by atoms with Crippen molar-refractivity contribution < 1.29 is 31.5 Å². The summed E-state index contributed by atoms with van der Waals surface area (Å²) in [5, 5.41) is 2.36. The van der Waals surface area contributed by atoms with Crippen LogP contribution in [0.2, 0.25) is 0 Å². The van der Waals surface area contributed by atoms with Gasteiger partial charge < -0.3 is 10.2 Å². The van der Waals surface area contributed by atoms with Crippen LogP contribution in [-0.4, -0.2) is 18.4 Å². The number of benzene rings is 2. The first kappa shape index (κ1) is 18.8. The summed E-state index contributed by atoms with van der Waals surface area (Å²) in [4.78, 5) is 25.6. The zero-order chi connectivity index (χ0) is 19.8. The first-order valence-corrected chi connectivity index (χ1v) is 7.88. The molecule has 1 saturated heterocycles. The van der Waals surface area contributed by atoms with Gasteiger partial charge in [0.05, 0.1) is 11.5 Å². The molecule has 1 atom stereocenters. The molecular formula is C18H13F5N2O2. The molecule has 0 aliphatic carbocycles. The lowest BCUT2D eigenvalue weighted by atomic mass is 10.1. The fourth-order valence-electron chi connectivity index (χ4n) is 2.80. The zero-order valence-electron chi connectivity index (χ0n) is 13.7. The Balaban J connectivity index is 1.72. The van der Waals surface area contributed by atoms with Gasteiger partial charge in [-0.1, -0.05) is 6.07 Å². The van der Waals surface area contributed by atoms with Crippen LogP contribution in [0.3, 0.4) is 0 Å². The first-order valence-electron chi connectivity index (χ1n) is 7.88. The zero-order valence-corrected chi connectivity index (χ0v) is 13.7. The smallest absolute Gasteiger partial charge is 0.326 e. The molecule has 1 unspecified atom stereocenters. The van der Waals surface area contributed by atoms with E-state index in [1.54, 1.807) is 0 Å². The Bertz CT molecular complexity index is 898. The van der Waals surface area contributed by atoms with Gasteiger partial charge in [-0.2, -0.15) is 13.2 Å². The van der Waals surface area contributed by atoms with E-state index in [2.05, 4.69) is 5.32 Å². The summed E-state index contributed by atoms with van der Waals surface area (Å²) >= 11 is 0. The first-order chi connectivity index (χ1) is 12.6. The Hall–Kier alpha value is -2.97. The van der Waals surface area contributed by atoms with E-state index in [4.69, 9.17) is 0 Å². The summed E-state index contributed by atoms with van der Waals surface area (Å²) in [6.45, 7) is -0.0886. The fraction of sp³-hybridized carbons (Fsp3) is 0.222. The van der Waals surface area contributed by atoms with Crippen LogP contribution in [0.5, 0.6) is 0 Å². The van der Waals surface area contributed by atoms with Crippen molar-refractivity contribution in [2.75, 3.05) is 16.8 Å². The predicted molar refractivity (Wildman–Crippen MR) is 86.9 cm³/mol. The number of amides is 2. The Morgan fingerprint density at radius 1 is 1.07 bits per heavy atom. The topological polar surface area (TPSA) is 49.4 Å². The number of carbonyl (C=O) groups is 2. The number of rotatable bonds is 3. The largest absolute Gasteiger partial charge is 0.416 e. The molecule has 1 N–H and O–H groups in total. The number of nitrogens with one attached hydrogen (secondary N) is 1. The van der Waals surface area contributed by atoms with E-state index in [-0.39, 0.29) is 24.3 Å². The Labute approximate surface area is 150 Å². The van der Waals surface area contributed by atoms with Gasteiger partial charge >= 0.3 is 6.18 Å². The monoisotopic (exact) mass is 384 g/mol. The Morgan fingerprint density at radius 2 is 1.81 bits per heavy atom. The van der Waals surface area contributed by atoms with Crippen LogP contribution >= 0.6 is 0 Å². The third-order valence-corrected chi connectivity index (χ3v) is 4.17. The maximum atomic E-state index is 13.4. The summed E-state index contributed by atoms with van der Waals surface area (Å²) in [5.41, 5.74) is -0.854. The molecular weight excluding hydrogens is 371 g/mol. The quantitative estimate of drug-likeness (QED) is 0.814. The van der Waals surface area contributed by atoms with E-state index < -0.39 is 41.1 Å². The van der Waals surface area contributed by atoms with Crippen LogP contribution in [0.4, 0.5) is 33.3 Å². The number of nitrogens with zero attached hydrogens (tertiary/aromatic N) is 1. The summed E-state index contributed by atoms with van der Waals surface area (Å²) in [5.74, 6) is -4.13. The lowest BCUT2D eigenvalue weighted by Crippen LogP contribution is -2.28. The standard InChI is InChI=1S/C18H13F5N2O2/c19-14-5-4-13(8-15(14)20)25-9-10(6-16(25)26)17(27)24-12-3-1-2-11(7-12)18(21,22)23/h1-5,7-8,10H,6,9H2,(H,24,27). The normalized spacial score (nSPS) is 17.3. The van der Waals surface area contributed by atoms with Gasteiger partial charge in [-0.05, 0) is 30.3 Å². The number of carbonyl (C=O) groups excluding carboxylic acids is 2. The highest BCUT2D eigenvalue weighted by Crippen LogP contribution is 2.31. The third-order valence-electron chi connectivity index (χ3n) is 4.17. The van der Waals surface area contributed by atoms with Crippen LogP contribution in [0, 0.1) is 17.6 Å². The van der Waals surface area contributed by atoms with Gasteiger partial charge in [0, 0.05) is 30.4 Å². The van der Waals surface area contributed by atoms with Gasteiger partial charge in [0.25, 0.3) is 0 Å². The van der Waals surface area contributed by atoms with Crippen LogP contribution in [-0.2, 0) is 15.8 Å². The van der Waals surface area contributed by atoms with Gasteiger partial charge in [0.1, 0.15) is 0 Å². The Kier molecular flexibility index (Phi) is 4.86. The third kappa shape index (κ3) is 4.07. The highest BCUT2D eigenvalue weighted by atomic mass is 19.4. The molecule has 2 aromatic carbocycles. The molecule has 2 amide bonds. The maximum Gasteiger partial charge on any atom is 0.416 e. The van der Waals surface area contributed by atoms with Crippen molar-refractivity contribution in [3.8, 4) is 0 Å². The Morgan fingerprint density at radius 3 is 2.48 bits per heavy atom. The molecule has 9 heteroatoms. The van der Waals surface area contributed by atoms with Crippen molar-refractivity contribution in [3.05, 3.63) is 59.7 Å². The molecule has 0 saturated carbocycles. The molecule has 27 heavy (non-hydrogen) atoms. The molecule has 142 valence electrons. The molecule has 4 nitrogen and oxygen atoms in total. The highest BCUT2D eigenvalue weighted by molar-refractivity contribution is 6.03. The highest BCUT2D eigenvalue weighted by Gasteiger charge is 2.36. The van der Waals surface area contributed by atoms with Gasteiger partial charge in [-0.25, -0.2) is 8.78 Å². The maximum absolute atomic E-state index is 13.4. The molecule has 0 aromatic heterocycles. The summed E-state index contributed by atoms with van der Waals surface area (Å²) in [7, 11) is 0. The number of halogens is 5. The van der Waals surface area contributed by atoms with Crippen molar-refractivity contribution in [1.82, 2.24) is 0 Å². The molecule has 0 bridgehead atoms. The van der Waals surface area contributed by atoms with Crippen LogP contribution < -0.4 is 10.2 Å². The van der Waals surface area contributed by atoms with Crippen molar-refractivity contribution in [1.29, 1.82) is 0 Å². The van der Waals surface area contributed by atoms with E-state index in [1.807, 2.05) is 0 Å². The fourth-order valence-corrected chi connectivity index (χ4v) is 2.80. The second-order valence-corrected chi connectivity index (χ2v) is 6.07. The molecule has 3 rings (SSSR count). The minimum atomic E-state index is -4.55. The number of hydrogen-bond donors (Lipinski definition) is 1. The molecule has 0 radical (unpaired) electrons. The second kappa shape index (κ2) is 6.98. The number of anilines is 2. The SMILES string of the molecule is O=C(Nc1cccc(C(F)(F)F)c1)C1CC(=O)N(c2ccc(F)c(F)c2)C1. The van der Waals surface area contributed by atoms with Crippen molar-refractivity contribution in [2.24, 2.45) is 5.92 Å². The van der Waals surface area contributed by atoms with Gasteiger partial charge in [0.2, 0.25) is 11.8 Å². The van der Waals surface area contributed by atoms with E-state index in [0.29, 0.717) is 0 Å². The van der Waals surface area contributed by atoms with Crippen molar-refractivity contribution in [3.63, 3.8) is 0 Å². The van der Waals surface area contributed by atoms with E-state index in [1.165, 1.54) is 12.1 Å². The van der Waals surface area contributed by atoms with Crippen LogP contribution in [0.25, 0.3) is 0 Å². The summed E-state index contributed by atoms with van der Waals surface area (Å²) < 4.78 is 64.6. The summed E-state index contributed by atoms with van der Waals surface area (Å²) in [6.07, 6.45) is -4.74. The lowest BCUT2D eigenvalue weighted by molar-refractivity contribution is -0.137. The minimum Gasteiger partial charge on any atom is -0.326 e. The lowest BCUT2D eigenvalue weighted by Gasteiger charge is -2.17. The van der Waals surface area contributed by atoms with E-state index in [9.17, 15) is 31.5 Å². The molecule has 1 aliphatic heterocycles. The van der Waals surface area contributed by atoms with Gasteiger partial charge in [0.15, 0.2) is 11.6 Å². The van der Waals surface area contributed by atoms with Gasteiger partial charge in [-0.3, -0.25) is 9.59 Å². The van der Waals surface area contributed by atoms with Crippen molar-refractivity contribution in [2.45, 2.75) is 12.6 Å². The average molecular weight is 384 g/mol. The van der Waals surface area contributed by atoms with Crippen molar-refractivity contribution >= 4 is 23.2 Å². The summed E-state index contributed by atoms with van der Waals surface area (Å²) in [6, 6.07) is 7.06.